The van der Waals surface area contributed by atoms with Gasteiger partial charge in [-0.15, -0.1) is 11.3 Å². The molecule has 0 amide bonds. The van der Waals surface area contributed by atoms with Gasteiger partial charge in [-0.1, -0.05) is 23.9 Å². The van der Waals surface area contributed by atoms with Crippen LogP contribution in [0.1, 0.15) is 23.8 Å². The molecular weight excluding hydrogens is 264 g/mol. The van der Waals surface area contributed by atoms with Gasteiger partial charge in [0.2, 0.25) is 0 Å². The zero-order valence-corrected chi connectivity index (χ0v) is 11.8. The summed E-state index contributed by atoms with van der Waals surface area (Å²) in [6, 6.07) is 0. The van der Waals surface area contributed by atoms with Gasteiger partial charge in [0.1, 0.15) is 4.83 Å². The van der Waals surface area contributed by atoms with E-state index in [0.29, 0.717) is 0 Å². The minimum absolute atomic E-state index is 0.0300. The summed E-state index contributed by atoms with van der Waals surface area (Å²) in [4.78, 5) is 21.9. The first kappa shape index (κ1) is 12.0. The van der Waals surface area contributed by atoms with Crippen molar-refractivity contribution in [2.24, 2.45) is 0 Å². The molecule has 0 fully saturated rings. The Hall–Kier alpha value is -1.07. The lowest BCUT2D eigenvalue weighted by molar-refractivity contribution is 0.914. The average molecular weight is 278 g/mol. The van der Waals surface area contributed by atoms with E-state index in [4.69, 9.17) is 0 Å². The highest BCUT2D eigenvalue weighted by Gasteiger charge is 2.20. The molecule has 3 rings (SSSR count). The van der Waals surface area contributed by atoms with Crippen LogP contribution in [0.2, 0.25) is 0 Å². The Morgan fingerprint density at radius 1 is 1.50 bits per heavy atom. The van der Waals surface area contributed by atoms with E-state index in [9.17, 15) is 4.79 Å². The van der Waals surface area contributed by atoms with Crippen LogP contribution in [0.15, 0.2) is 22.1 Å². The number of hydrogen-bond acceptors (Lipinski definition) is 4. The Balaban J connectivity index is 2.03. The highest BCUT2D eigenvalue weighted by atomic mass is 32.2. The summed E-state index contributed by atoms with van der Waals surface area (Å²) < 4.78 is 0. The van der Waals surface area contributed by atoms with Crippen molar-refractivity contribution < 1.29 is 0 Å². The van der Waals surface area contributed by atoms with Gasteiger partial charge in [0.15, 0.2) is 5.16 Å². The summed E-state index contributed by atoms with van der Waals surface area (Å²) in [5.41, 5.74) is 1.27. The number of aromatic amines is 1. The fraction of sp³-hybridized carbons (Fsp3) is 0.385. The molecule has 0 unspecified atom stereocenters. The van der Waals surface area contributed by atoms with E-state index in [1.807, 2.05) is 13.0 Å². The van der Waals surface area contributed by atoms with Gasteiger partial charge in [-0.25, -0.2) is 4.98 Å². The van der Waals surface area contributed by atoms with E-state index in [1.165, 1.54) is 16.9 Å². The summed E-state index contributed by atoms with van der Waals surface area (Å²) in [6.45, 7) is 1.99. The summed E-state index contributed by atoms with van der Waals surface area (Å²) >= 11 is 3.26. The lowest BCUT2D eigenvalue weighted by Gasteiger charge is -1.98. The molecular formula is C13H14N2OS2. The van der Waals surface area contributed by atoms with Gasteiger partial charge in [-0.2, -0.15) is 0 Å². The second-order valence-electron chi connectivity index (χ2n) is 4.29. The number of thioether (sulfide) groups is 1. The molecule has 2 heterocycles. The highest BCUT2D eigenvalue weighted by Crippen LogP contribution is 2.34. The number of aryl methyl sites for hydroxylation is 2. The van der Waals surface area contributed by atoms with Crippen LogP contribution < -0.4 is 5.56 Å². The fourth-order valence-electron chi connectivity index (χ4n) is 2.27. The van der Waals surface area contributed by atoms with E-state index in [0.717, 1.165) is 34.0 Å². The first-order chi connectivity index (χ1) is 8.79. The maximum atomic E-state index is 12.1. The Morgan fingerprint density at radius 3 is 3.22 bits per heavy atom. The molecule has 0 spiro atoms. The quantitative estimate of drug-likeness (QED) is 0.533. The van der Waals surface area contributed by atoms with E-state index in [1.54, 1.807) is 23.1 Å². The predicted molar refractivity (Wildman–Crippen MR) is 77.8 cm³/mol. The van der Waals surface area contributed by atoms with Gasteiger partial charge in [0.25, 0.3) is 5.56 Å². The van der Waals surface area contributed by atoms with Gasteiger partial charge in [-0.3, -0.25) is 4.79 Å². The van der Waals surface area contributed by atoms with Gasteiger partial charge >= 0.3 is 0 Å². The van der Waals surface area contributed by atoms with Crippen LogP contribution in [-0.4, -0.2) is 15.7 Å². The van der Waals surface area contributed by atoms with E-state index in [-0.39, 0.29) is 5.56 Å². The highest BCUT2D eigenvalue weighted by molar-refractivity contribution is 7.99. The summed E-state index contributed by atoms with van der Waals surface area (Å²) in [7, 11) is 0. The Kier molecular flexibility index (Phi) is 3.26. The van der Waals surface area contributed by atoms with Crippen molar-refractivity contribution in [2.75, 3.05) is 5.75 Å². The molecule has 5 heteroatoms. The zero-order valence-electron chi connectivity index (χ0n) is 10.2. The summed E-state index contributed by atoms with van der Waals surface area (Å²) in [5.74, 6) is 0.843. The standard InChI is InChI=1S/C13H14N2OS2/c1-2-3-7-17-13-14-11(16)10-8-5-4-6-9(8)18-12(10)15-13/h2-3H,4-7H2,1H3,(H,14,15,16)/b3-2-. The number of aromatic nitrogens is 2. The smallest absolute Gasteiger partial charge is 0.260 e. The third-order valence-corrected chi connectivity index (χ3v) is 5.12. The summed E-state index contributed by atoms with van der Waals surface area (Å²) in [6.07, 6.45) is 7.38. The molecule has 1 aliphatic carbocycles. The molecule has 2 aromatic heterocycles. The second-order valence-corrected chi connectivity index (χ2v) is 6.38. The number of rotatable bonds is 3. The third kappa shape index (κ3) is 2.01. The second kappa shape index (κ2) is 4.90. The van der Waals surface area contributed by atoms with Crippen LogP contribution in [0.4, 0.5) is 0 Å². The largest absolute Gasteiger partial charge is 0.301 e. The maximum Gasteiger partial charge on any atom is 0.260 e. The van der Waals surface area contributed by atoms with E-state index >= 15 is 0 Å². The van der Waals surface area contributed by atoms with Crippen molar-refractivity contribution in [3.05, 3.63) is 32.9 Å². The molecule has 0 bridgehead atoms. The van der Waals surface area contributed by atoms with E-state index in [2.05, 4.69) is 16.0 Å². The van der Waals surface area contributed by atoms with Gasteiger partial charge in [0.05, 0.1) is 5.39 Å². The first-order valence-electron chi connectivity index (χ1n) is 6.08. The maximum absolute atomic E-state index is 12.1. The van der Waals surface area contributed by atoms with Crippen LogP contribution in [-0.2, 0) is 12.8 Å². The van der Waals surface area contributed by atoms with Crippen molar-refractivity contribution in [1.29, 1.82) is 0 Å². The van der Waals surface area contributed by atoms with Crippen molar-refractivity contribution >= 4 is 33.3 Å². The number of thiophene rings is 1. The van der Waals surface area contributed by atoms with Crippen LogP contribution in [0.3, 0.4) is 0 Å². The van der Waals surface area contributed by atoms with Crippen LogP contribution >= 0.6 is 23.1 Å². The molecule has 0 radical (unpaired) electrons. The number of allylic oxidation sites excluding steroid dienone is 1. The van der Waals surface area contributed by atoms with Crippen molar-refractivity contribution in [2.45, 2.75) is 31.3 Å². The van der Waals surface area contributed by atoms with Crippen molar-refractivity contribution in [3.8, 4) is 0 Å². The number of nitrogens with zero attached hydrogens (tertiary/aromatic N) is 1. The normalized spacial score (nSPS) is 14.7. The number of fused-ring (bicyclic) bond motifs is 3. The fourth-order valence-corrected chi connectivity index (χ4v) is 4.36. The van der Waals surface area contributed by atoms with Gasteiger partial charge in [0, 0.05) is 10.6 Å². The summed E-state index contributed by atoms with van der Waals surface area (Å²) in [5, 5.41) is 1.56. The molecule has 0 saturated heterocycles. The number of nitrogens with one attached hydrogen (secondary N) is 1. The number of hydrogen-bond donors (Lipinski definition) is 1. The topological polar surface area (TPSA) is 45.8 Å². The van der Waals surface area contributed by atoms with Crippen molar-refractivity contribution in [3.63, 3.8) is 0 Å². The minimum Gasteiger partial charge on any atom is -0.301 e. The van der Waals surface area contributed by atoms with Crippen LogP contribution in [0.5, 0.6) is 0 Å². The average Bonchev–Trinajstić information content (AvgIpc) is 2.88. The molecule has 0 aromatic carbocycles. The molecule has 18 heavy (non-hydrogen) atoms. The Bertz CT molecular complexity index is 669. The van der Waals surface area contributed by atoms with Gasteiger partial charge < -0.3 is 4.98 Å². The molecule has 3 nitrogen and oxygen atoms in total. The molecule has 0 atom stereocenters. The van der Waals surface area contributed by atoms with Crippen LogP contribution in [0, 0.1) is 0 Å². The Labute approximate surface area is 113 Å². The minimum atomic E-state index is 0.0300. The zero-order chi connectivity index (χ0) is 12.5. The SMILES string of the molecule is C/C=C\CSc1nc2sc3c(c2c(=O)[nH]1)CCC3. The number of H-pyrrole nitrogens is 1. The van der Waals surface area contributed by atoms with Crippen molar-refractivity contribution in [1.82, 2.24) is 9.97 Å². The molecule has 0 saturated carbocycles. The molecule has 1 aliphatic rings. The van der Waals surface area contributed by atoms with Crippen LogP contribution in [0.25, 0.3) is 10.2 Å². The van der Waals surface area contributed by atoms with Gasteiger partial charge in [-0.05, 0) is 31.7 Å². The molecule has 94 valence electrons. The monoisotopic (exact) mass is 278 g/mol. The molecule has 2 aromatic rings. The lowest BCUT2D eigenvalue weighted by atomic mass is 10.2. The Morgan fingerprint density at radius 2 is 2.39 bits per heavy atom. The first-order valence-corrected chi connectivity index (χ1v) is 7.88. The lowest BCUT2D eigenvalue weighted by Crippen LogP contribution is -2.09. The molecule has 1 N–H and O–H groups in total. The van der Waals surface area contributed by atoms with E-state index < -0.39 is 0 Å². The third-order valence-electron chi connectivity index (χ3n) is 3.11. The molecule has 0 aliphatic heterocycles. The predicted octanol–water partition coefficient (Wildman–Crippen LogP) is 3.14.